The highest BCUT2D eigenvalue weighted by Crippen LogP contribution is 2.55. The van der Waals surface area contributed by atoms with E-state index in [9.17, 15) is 0 Å². The number of rotatable bonds is 1. The van der Waals surface area contributed by atoms with Crippen LogP contribution in [0.3, 0.4) is 0 Å². The molecule has 0 aromatic heterocycles. The molecule has 2 bridgehead atoms. The third-order valence-electron chi connectivity index (χ3n) is 6.32. The van der Waals surface area contributed by atoms with Gasteiger partial charge in [0.05, 0.1) is 7.11 Å². The summed E-state index contributed by atoms with van der Waals surface area (Å²) in [4.78, 5) is 2.63. The van der Waals surface area contributed by atoms with E-state index >= 15 is 0 Å². The summed E-state index contributed by atoms with van der Waals surface area (Å²) in [7, 11) is 4.12. The third kappa shape index (κ3) is 1.60. The van der Waals surface area contributed by atoms with Crippen molar-refractivity contribution in [2.75, 3.05) is 20.7 Å². The Hall–Kier alpha value is -1.02. The predicted octanol–water partition coefficient (Wildman–Crippen LogP) is 3.38. The first-order valence-electron chi connectivity index (χ1n) is 8.12. The molecule has 2 aliphatic carbocycles. The molecular weight excluding hydrogens is 247 g/mol. The summed E-state index contributed by atoms with van der Waals surface area (Å²) in [6, 6.07) is 7.60. The van der Waals surface area contributed by atoms with Gasteiger partial charge >= 0.3 is 0 Å². The highest BCUT2D eigenvalue weighted by molar-refractivity contribution is 5.45. The Morgan fingerprint density at radius 2 is 2.15 bits per heavy atom. The smallest absolute Gasteiger partial charge is 0.119 e. The van der Waals surface area contributed by atoms with Gasteiger partial charge < -0.3 is 9.64 Å². The Balaban J connectivity index is 1.88. The van der Waals surface area contributed by atoms with Crippen LogP contribution in [0.4, 0.5) is 0 Å². The fourth-order valence-electron chi connectivity index (χ4n) is 5.30. The molecule has 4 rings (SSSR count). The fourth-order valence-corrected chi connectivity index (χ4v) is 5.30. The number of likely N-dealkylation sites (N-methyl/N-ethyl adjacent to an activating group) is 1. The molecule has 2 fully saturated rings. The zero-order valence-corrected chi connectivity index (χ0v) is 12.7. The first-order valence-corrected chi connectivity index (χ1v) is 8.12. The molecule has 0 radical (unpaired) electrons. The number of fused-ring (bicyclic) bond motifs is 1. The van der Waals surface area contributed by atoms with Crippen LogP contribution in [0.25, 0.3) is 0 Å². The number of methoxy groups -OCH3 is 1. The van der Waals surface area contributed by atoms with Crippen LogP contribution in [0.1, 0.15) is 43.2 Å². The Morgan fingerprint density at radius 3 is 3.00 bits per heavy atom. The van der Waals surface area contributed by atoms with E-state index in [1.807, 2.05) is 0 Å². The predicted molar refractivity (Wildman–Crippen MR) is 81.4 cm³/mol. The van der Waals surface area contributed by atoms with Crippen LogP contribution in [0, 0.1) is 5.92 Å². The van der Waals surface area contributed by atoms with Gasteiger partial charge in [-0.15, -0.1) is 0 Å². The highest BCUT2D eigenvalue weighted by atomic mass is 16.5. The number of likely N-dealkylation sites (tertiary alicyclic amines) is 1. The molecule has 108 valence electrons. The summed E-state index contributed by atoms with van der Waals surface area (Å²) in [5.41, 5.74) is 3.67. The van der Waals surface area contributed by atoms with Crippen molar-refractivity contribution in [1.29, 1.82) is 0 Å². The minimum Gasteiger partial charge on any atom is -0.497 e. The van der Waals surface area contributed by atoms with Crippen LogP contribution in [0.15, 0.2) is 18.2 Å². The molecular formula is C18H25NO. The minimum absolute atomic E-state index is 0.456. The van der Waals surface area contributed by atoms with Gasteiger partial charge in [0.25, 0.3) is 0 Å². The van der Waals surface area contributed by atoms with E-state index in [0.717, 1.165) is 17.7 Å². The maximum absolute atomic E-state index is 5.51. The van der Waals surface area contributed by atoms with Crippen LogP contribution in [-0.2, 0) is 11.8 Å². The van der Waals surface area contributed by atoms with Crippen LogP contribution in [0.5, 0.6) is 5.75 Å². The Kier molecular flexibility index (Phi) is 2.85. The first-order chi connectivity index (χ1) is 9.74. The molecule has 2 heteroatoms. The van der Waals surface area contributed by atoms with Crippen molar-refractivity contribution in [2.24, 2.45) is 5.92 Å². The molecule has 0 spiro atoms. The van der Waals surface area contributed by atoms with Crippen molar-refractivity contribution in [3.05, 3.63) is 29.3 Å². The van der Waals surface area contributed by atoms with Crippen molar-refractivity contribution in [1.82, 2.24) is 4.90 Å². The number of hydrogen-bond donors (Lipinski definition) is 0. The number of ether oxygens (including phenoxy) is 1. The quantitative estimate of drug-likeness (QED) is 0.727. The second kappa shape index (κ2) is 4.49. The van der Waals surface area contributed by atoms with E-state index in [-0.39, 0.29) is 0 Å². The van der Waals surface area contributed by atoms with E-state index in [1.165, 1.54) is 45.1 Å². The second-order valence-corrected chi connectivity index (χ2v) is 7.03. The standard InChI is InChI=1S/C18H25NO/c1-19-10-9-18-8-4-3-5-15(18)17(19)11-13-6-7-14(20-2)12-16(13)18/h6-7,12,15,17H,3-5,8-11H2,1-2H3/t15?,17-,18-/m1/s1/i2+1. The lowest BCUT2D eigenvalue weighted by Gasteiger charge is -2.58. The molecule has 1 saturated carbocycles. The number of piperidine rings is 1. The summed E-state index contributed by atoms with van der Waals surface area (Å²) >= 11 is 0. The zero-order valence-electron chi connectivity index (χ0n) is 12.7. The van der Waals surface area contributed by atoms with E-state index in [4.69, 9.17) is 4.74 Å². The SMILES string of the molecule is CN1CC[C@]23CCCCC2[C@H]1Cc1ccc(O[13CH3])cc13. The van der Waals surface area contributed by atoms with Gasteiger partial charge in [-0.1, -0.05) is 18.9 Å². The Bertz CT molecular complexity index is 526. The number of nitrogens with zero attached hydrogens (tertiary/aromatic N) is 1. The lowest BCUT2D eigenvalue weighted by molar-refractivity contribution is 0.00274. The van der Waals surface area contributed by atoms with E-state index in [2.05, 4.69) is 30.1 Å². The second-order valence-electron chi connectivity index (χ2n) is 7.03. The number of hydrogen-bond acceptors (Lipinski definition) is 2. The topological polar surface area (TPSA) is 12.5 Å². The van der Waals surface area contributed by atoms with Crippen molar-refractivity contribution in [2.45, 2.75) is 50.0 Å². The average Bonchev–Trinajstić information content (AvgIpc) is 2.50. The van der Waals surface area contributed by atoms with Gasteiger partial charge in [0.2, 0.25) is 0 Å². The molecule has 1 aromatic rings. The molecule has 3 aliphatic rings. The van der Waals surface area contributed by atoms with Gasteiger partial charge in [-0.3, -0.25) is 0 Å². The fraction of sp³-hybridized carbons (Fsp3) is 0.667. The average molecular weight is 272 g/mol. The molecule has 1 heterocycles. The molecule has 1 aliphatic heterocycles. The van der Waals surface area contributed by atoms with Crippen LogP contribution < -0.4 is 4.74 Å². The lowest BCUT2D eigenvalue weighted by Crippen LogP contribution is -2.59. The molecule has 1 saturated heterocycles. The monoisotopic (exact) mass is 272 g/mol. The summed E-state index contributed by atoms with van der Waals surface area (Å²) in [6.07, 6.45) is 8.22. The Labute approximate surface area is 122 Å². The zero-order chi connectivity index (χ0) is 13.7. The lowest BCUT2D eigenvalue weighted by atomic mass is 9.52. The van der Waals surface area contributed by atoms with Crippen molar-refractivity contribution >= 4 is 0 Å². The molecule has 3 atom stereocenters. The summed E-state index contributed by atoms with van der Waals surface area (Å²) in [5, 5.41) is 0. The Morgan fingerprint density at radius 1 is 1.25 bits per heavy atom. The van der Waals surface area contributed by atoms with Gasteiger partial charge in [0, 0.05) is 11.5 Å². The number of benzene rings is 1. The van der Waals surface area contributed by atoms with Crippen LogP contribution >= 0.6 is 0 Å². The molecule has 20 heavy (non-hydrogen) atoms. The summed E-state index contributed by atoms with van der Waals surface area (Å²) in [5.74, 6) is 1.91. The van der Waals surface area contributed by atoms with E-state index < -0.39 is 0 Å². The molecule has 1 unspecified atom stereocenters. The van der Waals surface area contributed by atoms with Gasteiger partial charge in [-0.05, 0) is 68.5 Å². The minimum atomic E-state index is 0.456. The van der Waals surface area contributed by atoms with Gasteiger partial charge in [-0.2, -0.15) is 0 Å². The third-order valence-corrected chi connectivity index (χ3v) is 6.32. The van der Waals surface area contributed by atoms with E-state index in [0.29, 0.717) is 5.41 Å². The maximum Gasteiger partial charge on any atom is 0.119 e. The van der Waals surface area contributed by atoms with Crippen LogP contribution in [-0.4, -0.2) is 31.6 Å². The van der Waals surface area contributed by atoms with Crippen LogP contribution in [0.2, 0.25) is 0 Å². The van der Waals surface area contributed by atoms with Gasteiger partial charge in [0.1, 0.15) is 5.75 Å². The molecule has 0 amide bonds. The maximum atomic E-state index is 5.51. The van der Waals surface area contributed by atoms with Crippen molar-refractivity contribution in [3.63, 3.8) is 0 Å². The molecule has 0 N–H and O–H groups in total. The summed E-state index contributed by atoms with van der Waals surface area (Å²) < 4.78 is 5.51. The largest absolute Gasteiger partial charge is 0.497 e. The molecule has 1 aromatic carbocycles. The summed E-state index contributed by atoms with van der Waals surface area (Å²) in [6.45, 7) is 1.26. The van der Waals surface area contributed by atoms with Gasteiger partial charge in [-0.25, -0.2) is 0 Å². The highest BCUT2D eigenvalue weighted by Gasteiger charge is 2.53. The van der Waals surface area contributed by atoms with Crippen molar-refractivity contribution in [3.8, 4) is 5.75 Å². The normalized spacial score (nSPS) is 36.1. The molecule has 2 nitrogen and oxygen atoms in total. The van der Waals surface area contributed by atoms with Gasteiger partial charge in [0.15, 0.2) is 0 Å². The van der Waals surface area contributed by atoms with E-state index in [1.54, 1.807) is 18.2 Å². The first kappa shape index (κ1) is 12.7. The van der Waals surface area contributed by atoms with Crippen molar-refractivity contribution < 1.29 is 4.74 Å².